The fraction of sp³-hybridized carbons (Fsp3) is 0.417. The molecule has 1 aromatic carbocycles. The van der Waals surface area contributed by atoms with Gasteiger partial charge < -0.3 is 10.6 Å². The van der Waals surface area contributed by atoms with Crippen molar-refractivity contribution in [1.82, 2.24) is 10.6 Å². The first-order valence-corrected chi connectivity index (χ1v) is 5.82. The SMILES string of the molecule is Cc1ccc(C(=O)NC2CCNC2)cc1Cl. The van der Waals surface area contributed by atoms with Gasteiger partial charge in [-0.15, -0.1) is 0 Å². The van der Waals surface area contributed by atoms with Crippen LogP contribution in [0.2, 0.25) is 5.02 Å². The molecule has 1 fully saturated rings. The van der Waals surface area contributed by atoms with E-state index >= 15 is 0 Å². The molecular weight excluding hydrogens is 224 g/mol. The van der Waals surface area contributed by atoms with Crippen LogP contribution < -0.4 is 10.6 Å². The molecule has 1 aliphatic rings. The molecule has 1 aliphatic heterocycles. The van der Waals surface area contributed by atoms with Crippen LogP contribution in [0, 0.1) is 6.92 Å². The highest BCUT2D eigenvalue weighted by atomic mass is 35.5. The summed E-state index contributed by atoms with van der Waals surface area (Å²) in [5.41, 5.74) is 1.61. The zero-order valence-electron chi connectivity index (χ0n) is 9.22. The molecule has 0 aliphatic carbocycles. The molecule has 1 unspecified atom stereocenters. The molecule has 2 rings (SSSR count). The lowest BCUT2D eigenvalue weighted by atomic mass is 10.1. The summed E-state index contributed by atoms with van der Waals surface area (Å²) in [6.07, 6.45) is 0.991. The fourth-order valence-electron chi connectivity index (χ4n) is 1.78. The first-order chi connectivity index (χ1) is 7.66. The van der Waals surface area contributed by atoms with Crippen LogP contribution in [-0.4, -0.2) is 25.0 Å². The van der Waals surface area contributed by atoms with Crippen molar-refractivity contribution in [2.24, 2.45) is 0 Å². The van der Waals surface area contributed by atoms with E-state index in [2.05, 4.69) is 10.6 Å². The summed E-state index contributed by atoms with van der Waals surface area (Å²) in [6, 6.07) is 5.63. The average Bonchev–Trinajstić information content (AvgIpc) is 2.74. The van der Waals surface area contributed by atoms with Crippen LogP contribution in [0.15, 0.2) is 18.2 Å². The minimum absolute atomic E-state index is 0.0457. The summed E-state index contributed by atoms with van der Waals surface area (Å²) < 4.78 is 0. The third-order valence-corrected chi connectivity index (χ3v) is 3.24. The second kappa shape index (κ2) is 4.85. The molecule has 86 valence electrons. The topological polar surface area (TPSA) is 41.1 Å². The van der Waals surface area contributed by atoms with Gasteiger partial charge in [-0.25, -0.2) is 0 Å². The molecule has 2 N–H and O–H groups in total. The number of carbonyl (C=O) groups is 1. The van der Waals surface area contributed by atoms with Crippen LogP contribution in [0.1, 0.15) is 22.3 Å². The van der Waals surface area contributed by atoms with Gasteiger partial charge in [0.15, 0.2) is 0 Å². The number of nitrogens with one attached hydrogen (secondary N) is 2. The summed E-state index contributed by atoms with van der Waals surface area (Å²) in [7, 11) is 0. The quantitative estimate of drug-likeness (QED) is 0.824. The molecule has 1 amide bonds. The Morgan fingerprint density at radius 2 is 2.38 bits per heavy atom. The number of rotatable bonds is 2. The van der Waals surface area contributed by atoms with Crippen LogP contribution in [0.3, 0.4) is 0 Å². The molecule has 0 bridgehead atoms. The van der Waals surface area contributed by atoms with Gasteiger partial charge in [0.2, 0.25) is 0 Å². The molecule has 1 atom stereocenters. The van der Waals surface area contributed by atoms with E-state index in [-0.39, 0.29) is 11.9 Å². The standard InChI is InChI=1S/C12H15ClN2O/c1-8-2-3-9(6-11(8)13)12(16)15-10-4-5-14-7-10/h2-3,6,10,14H,4-5,7H2,1H3,(H,15,16). The molecule has 1 heterocycles. The van der Waals surface area contributed by atoms with Gasteiger partial charge >= 0.3 is 0 Å². The maximum absolute atomic E-state index is 11.9. The molecule has 3 nitrogen and oxygen atoms in total. The van der Waals surface area contributed by atoms with Gasteiger partial charge in [-0.3, -0.25) is 4.79 Å². The van der Waals surface area contributed by atoms with Crippen LogP contribution in [0.5, 0.6) is 0 Å². The van der Waals surface area contributed by atoms with E-state index in [1.807, 2.05) is 13.0 Å². The Morgan fingerprint density at radius 1 is 1.56 bits per heavy atom. The zero-order chi connectivity index (χ0) is 11.5. The van der Waals surface area contributed by atoms with E-state index in [4.69, 9.17) is 11.6 Å². The van der Waals surface area contributed by atoms with E-state index in [0.29, 0.717) is 10.6 Å². The van der Waals surface area contributed by atoms with Crippen LogP contribution in [-0.2, 0) is 0 Å². The summed E-state index contributed by atoms with van der Waals surface area (Å²) in [5, 5.41) is 6.83. The number of aryl methyl sites for hydroxylation is 1. The third kappa shape index (κ3) is 2.54. The zero-order valence-corrected chi connectivity index (χ0v) is 9.97. The Labute approximate surface area is 100 Å². The summed E-state index contributed by atoms with van der Waals surface area (Å²) in [4.78, 5) is 11.9. The van der Waals surface area contributed by atoms with Gasteiger partial charge in [0.05, 0.1) is 0 Å². The maximum atomic E-state index is 11.9. The van der Waals surface area contributed by atoms with Crippen LogP contribution in [0.25, 0.3) is 0 Å². The van der Waals surface area contributed by atoms with Crippen molar-refractivity contribution in [2.45, 2.75) is 19.4 Å². The lowest BCUT2D eigenvalue weighted by molar-refractivity contribution is 0.0940. The van der Waals surface area contributed by atoms with E-state index in [0.717, 1.165) is 25.1 Å². The summed E-state index contributed by atoms with van der Waals surface area (Å²) in [5.74, 6) is -0.0457. The Kier molecular flexibility index (Phi) is 3.46. The number of benzene rings is 1. The van der Waals surface area contributed by atoms with Crippen molar-refractivity contribution < 1.29 is 4.79 Å². The maximum Gasteiger partial charge on any atom is 0.251 e. The van der Waals surface area contributed by atoms with Gasteiger partial charge in [-0.1, -0.05) is 17.7 Å². The van der Waals surface area contributed by atoms with Gasteiger partial charge in [0.1, 0.15) is 0 Å². The van der Waals surface area contributed by atoms with Crippen molar-refractivity contribution >= 4 is 17.5 Å². The monoisotopic (exact) mass is 238 g/mol. The highest BCUT2D eigenvalue weighted by Crippen LogP contribution is 2.16. The highest BCUT2D eigenvalue weighted by Gasteiger charge is 2.17. The Balaban J connectivity index is 2.05. The van der Waals surface area contributed by atoms with Crippen molar-refractivity contribution in [2.75, 3.05) is 13.1 Å². The summed E-state index contributed by atoms with van der Waals surface area (Å²) in [6.45, 7) is 3.75. The van der Waals surface area contributed by atoms with Crippen LogP contribution in [0.4, 0.5) is 0 Å². The number of amides is 1. The van der Waals surface area contributed by atoms with Gasteiger partial charge in [-0.05, 0) is 37.6 Å². The normalized spacial score (nSPS) is 19.8. The van der Waals surface area contributed by atoms with E-state index in [1.165, 1.54) is 0 Å². The second-order valence-corrected chi connectivity index (χ2v) is 4.53. The Morgan fingerprint density at radius 3 is 3.00 bits per heavy atom. The van der Waals surface area contributed by atoms with Crippen molar-refractivity contribution in [3.05, 3.63) is 34.3 Å². The largest absolute Gasteiger partial charge is 0.348 e. The number of halogens is 1. The average molecular weight is 239 g/mol. The lowest BCUT2D eigenvalue weighted by Crippen LogP contribution is -2.36. The Bertz CT molecular complexity index is 400. The molecule has 0 saturated carbocycles. The molecule has 0 radical (unpaired) electrons. The van der Waals surface area contributed by atoms with Gasteiger partial charge in [0.25, 0.3) is 5.91 Å². The lowest BCUT2D eigenvalue weighted by Gasteiger charge is -2.11. The molecule has 4 heteroatoms. The minimum Gasteiger partial charge on any atom is -0.348 e. The molecule has 1 aromatic rings. The fourth-order valence-corrected chi connectivity index (χ4v) is 1.96. The molecule has 0 spiro atoms. The molecule has 0 aromatic heterocycles. The van der Waals surface area contributed by atoms with E-state index < -0.39 is 0 Å². The number of hydrogen-bond acceptors (Lipinski definition) is 2. The smallest absolute Gasteiger partial charge is 0.251 e. The molecule has 16 heavy (non-hydrogen) atoms. The van der Waals surface area contributed by atoms with Gasteiger partial charge in [-0.2, -0.15) is 0 Å². The predicted octanol–water partition coefficient (Wildman–Crippen LogP) is 1.74. The van der Waals surface area contributed by atoms with Crippen molar-refractivity contribution in [3.63, 3.8) is 0 Å². The molecule has 1 saturated heterocycles. The third-order valence-electron chi connectivity index (χ3n) is 2.83. The van der Waals surface area contributed by atoms with E-state index in [1.54, 1.807) is 12.1 Å². The minimum atomic E-state index is -0.0457. The van der Waals surface area contributed by atoms with Gasteiger partial charge in [0, 0.05) is 23.2 Å². The van der Waals surface area contributed by atoms with Crippen molar-refractivity contribution in [1.29, 1.82) is 0 Å². The first kappa shape index (κ1) is 11.4. The number of carbonyl (C=O) groups excluding carboxylic acids is 1. The van der Waals surface area contributed by atoms with E-state index in [9.17, 15) is 4.79 Å². The predicted molar refractivity (Wildman–Crippen MR) is 64.9 cm³/mol. The number of hydrogen-bond donors (Lipinski definition) is 2. The van der Waals surface area contributed by atoms with Crippen LogP contribution >= 0.6 is 11.6 Å². The highest BCUT2D eigenvalue weighted by molar-refractivity contribution is 6.31. The van der Waals surface area contributed by atoms with Crippen molar-refractivity contribution in [3.8, 4) is 0 Å². The second-order valence-electron chi connectivity index (χ2n) is 4.13. The Hall–Kier alpha value is -1.06. The summed E-state index contributed by atoms with van der Waals surface area (Å²) >= 11 is 5.98. The molecular formula is C12H15ClN2O. The first-order valence-electron chi connectivity index (χ1n) is 5.44.